The number of nitrogens with two attached hydrogens (primary N) is 1. The minimum Gasteiger partial charge on any atom is -0.501 e. The van der Waals surface area contributed by atoms with Gasteiger partial charge in [0.25, 0.3) is 0 Å². The molecule has 0 spiro atoms. The molecule has 0 bridgehead atoms. The second kappa shape index (κ2) is 3.05. The van der Waals surface area contributed by atoms with Crippen LogP contribution >= 0.6 is 0 Å². The number of nitrogen functional groups attached to an aromatic ring is 1. The lowest BCUT2D eigenvalue weighted by Gasteiger charge is -2.01. The number of phenolic OH excluding ortho intramolecular Hbond substituents is 1. The normalized spacial score (nSPS) is 9.42. The van der Waals surface area contributed by atoms with Gasteiger partial charge in [-0.3, -0.25) is 16.0 Å². The largest absolute Gasteiger partial charge is 0.501 e. The molecule has 0 radical (unpaired) electrons. The predicted molar refractivity (Wildman–Crippen MR) is 42.6 cm³/mol. The van der Waals surface area contributed by atoms with Crippen molar-refractivity contribution >= 4 is 11.4 Å². The molecule has 12 heavy (non-hydrogen) atoms. The number of hydrazine groups is 1. The maximum absolute atomic E-state index is 10.3. The number of nitro groups is 1. The highest BCUT2D eigenvalue weighted by molar-refractivity contribution is 5.64. The molecule has 0 atom stereocenters. The minimum absolute atomic E-state index is 0.129. The number of nitro benzene ring substituents is 1. The van der Waals surface area contributed by atoms with E-state index in [2.05, 4.69) is 5.43 Å². The van der Waals surface area contributed by atoms with Crippen LogP contribution in [0.15, 0.2) is 18.2 Å². The Morgan fingerprint density at radius 1 is 1.58 bits per heavy atom. The number of anilines is 1. The Kier molecular flexibility index (Phi) is 2.11. The SMILES string of the molecule is NNc1cccc([N+](=O)[O-])c1O. The van der Waals surface area contributed by atoms with Crippen LogP contribution in [0.1, 0.15) is 0 Å². The number of benzene rings is 1. The number of nitrogens with zero attached hydrogens (tertiary/aromatic N) is 1. The Labute approximate surface area is 67.7 Å². The van der Waals surface area contributed by atoms with Crippen LogP contribution < -0.4 is 11.3 Å². The van der Waals surface area contributed by atoms with Crippen LogP contribution in [0.5, 0.6) is 5.75 Å². The molecule has 0 unspecified atom stereocenters. The summed E-state index contributed by atoms with van der Waals surface area (Å²) in [6.45, 7) is 0. The van der Waals surface area contributed by atoms with Gasteiger partial charge in [-0.25, -0.2) is 0 Å². The first-order valence-electron chi connectivity index (χ1n) is 3.10. The van der Waals surface area contributed by atoms with Gasteiger partial charge in [0.15, 0.2) is 0 Å². The van der Waals surface area contributed by atoms with Gasteiger partial charge in [-0.1, -0.05) is 6.07 Å². The zero-order chi connectivity index (χ0) is 9.14. The molecule has 0 heterocycles. The molecule has 0 aromatic heterocycles. The molecule has 0 fully saturated rings. The molecule has 1 rings (SSSR count). The molecule has 0 amide bonds. The highest BCUT2D eigenvalue weighted by atomic mass is 16.6. The zero-order valence-electron chi connectivity index (χ0n) is 6.02. The average molecular weight is 169 g/mol. The lowest BCUT2D eigenvalue weighted by Crippen LogP contribution is -2.07. The van der Waals surface area contributed by atoms with Gasteiger partial charge < -0.3 is 10.5 Å². The number of phenols is 1. The van der Waals surface area contributed by atoms with Crippen LogP contribution in [0.2, 0.25) is 0 Å². The fraction of sp³-hybridized carbons (Fsp3) is 0. The molecule has 0 saturated carbocycles. The van der Waals surface area contributed by atoms with Crippen LogP contribution in [0, 0.1) is 10.1 Å². The van der Waals surface area contributed by atoms with E-state index in [1.54, 1.807) is 0 Å². The number of rotatable bonds is 2. The average Bonchev–Trinajstić information content (AvgIpc) is 2.04. The third-order valence-electron chi connectivity index (χ3n) is 1.37. The number of para-hydroxylation sites is 1. The third kappa shape index (κ3) is 1.28. The second-order valence-corrected chi connectivity index (χ2v) is 2.07. The van der Waals surface area contributed by atoms with Crippen LogP contribution in [0.3, 0.4) is 0 Å². The van der Waals surface area contributed by atoms with Gasteiger partial charge in [0.1, 0.15) is 0 Å². The molecule has 1 aromatic rings. The first kappa shape index (κ1) is 8.28. The number of hydrogen-bond donors (Lipinski definition) is 3. The first-order valence-corrected chi connectivity index (χ1v) is 3.10. The molecule has 0 aliphatic carbocycles. The van der Waals surface area contributed by atoms with E-state index in [1.165, 1.54) is 18.2 Å². The summed E-state index contributed by atoms with van der Waals surface area (Å²) < 4.78 is 0. The predicted octanol–water partition coefficient (Wildman–Crippen LogP) is 0.586. The standard InChI is InChI=1S/C6H7N3O3/c7-8-4-2-1-3-5(6(4)10)9(11)12/h1-3,8,10H,7H2. The van der Waals surface area contributed by atoms with Crippen molar-refractivity contribution in [2.24, 2.45) is 5.84 Å². The summed E-state index contributed by atoms with van der Waals surface area (Å²) in [5.41, 5.74) is 1.90. The Morgan fingerprint density at radius 3 is 2.75 bits per heavy atom. The molecule has 4 N–H and O–H groups in total. The van der Waals surface area contributed by atoms with Gasteiger partial charge in [-0.15, -0.1) is 0 Å². The van der Waals surface area contributed by atoms with Crippen molar-refractivity contribution in [2.75, 3.05) is 5.43 Å². The van der Waals surface area contributed by atoms with Crippen LogP contribution in [0.4, 0.5) is 11.4 Å². The first-order chi connectivity index (χ1) is 5.66. The molecular formula is C6H7N3O3. The van der Waals surface area contributed by atoms with E-state index in [-0.39, 0.29) is 11.4 Å². The van der Waals surface area contributed by atoms with Crippen molar-refractivity contribution in [2.45, 2.75) is 0 Å². The van der Waals surface area contributed by atoms with Gasteiger partial charge in [-0.05, 0) is 6.07 Å². The summed E-state index contributed by atoms with van der Waals surface area (Å²) in [7, 11) is 0. The van der Waals surface area contributed by atoms with E-state index in [9.17, 15) is 15.2 Å². The molecule has 64 valence electrons. The quantitative estimate of drug-likeness (QED) is 0.260. The van der Waals surface area contributed by atoms with Crippen LogP contribution in [-0.2, 0) is 0 Å². The van der Waals surface area contributed by atoms with Gasteiger partial charge >= 0.3 is 5.69 Å². The van der Waals surface area contributed by atoms with E-state index in [4.69, 9.17) is 5.84 Å². The highest BCUT2D eigenvalue weighted by Crippen LogP contribution is 2.32. The summed E-state index contributed by atoms with van der Waals surface area (Å²) >= 11 is 0. The maximum atomic E-state index is 10.3. The van der Waals surface area contributed by atoms with Crippen molar-refractivity contribution in [3.05, 3.63) is 28.3 Å². The maximum Gasteiger partial charge on any atom is 0.312 e. The second-order valence-electron chi connectivity index (χ2n) is 2.07. The Balaban J connectivity index is 3.23. The number of hydrogen-bond acceptors (Lipinski definition) is 5. The lowest BCUT2D eigenvalue weighted by atomic mass is 10.2. The van der Waals surface area contributed by atoms with E-state index in [0.717, 1.165) is 0 Å². The van der Waals surface area contributed by atoms with E-state index in [1.807, 2.05) is 0 Å². The van der Waals surface area contributed by atoms with Gasteiger partial charge in [0.2, 0.25) is 5.75 Å². The molecular weight excluding hydrogens is 162 g/mol. The van der Waals surface area contributed by atoms with E-state index >= 15 is 0 Å². The minimum atomic E-state index is -0.684. The van der Waals surface area contributed by atoms with Crippen molar-refractivity contribution < 1.29 is 10.0 Å². The fourth-order valence-corrected chi connectivity index (χ4v) is 0.795. The summed E-state index contributed by atoms with van der Waals surface area (Å²) in [5, 5.41) is 19.4. The Bertz CT molecular complexity index is 313. The number of aromatic hydroxyl groups is 1. The molecule has 1 aromatic carbocycles. The Hall–Kier alpha value is -1.82. The molecule has 6 nitrogen and oxygen atoms in total. The molecule has 0 saturated heterocycles. The van der Waals surface area contributed by atoms with Crippen LogP contribution in [-0.4, -0.2) is 10.0 Å². The highest BCUT2D eigenvalue weighted by Gasteiger charge is 2.14. The summed E-state index contributed by atoms with van der Waals surface area (Å²) in [6, 6.07) is 4.05. The Morgan fingerprint density at radius 2 is 2.25 bits per heavy atom. The van der Waals surface area contributed by atoms with Gasteiger partial charge in [0.05, 0.1) is 10.6 Å². The third-order valence-corrected chi connectivity index (χ3v) is 1.37. The smallest absolute Gasteiger partial charge is 0.312 e. The summed E-state index contributed by atoms with van der Waals surface area (Å²) in [5.74, 6) is 4.53. The summed E-state index contributed by atoms with van der Waals surface area (Å²) in [4.78, 5) is 9.58. The number of nitrogens with one attached hydrogen (secondary N) is 1. The zero-order valence-corrected chi connectivity index (χ0v) is 6.02. The van der Waals surface area contributed by atoms with E-state index in [0.29, 0.717) is 0 Å². The van der Waals surface area contributed by atoms with Crippen molar-refractivity contribution in [3.63, 3.8) is 0 Å². The van der Waals surface area contributed by atoms with E-state index < -0.39 is 10.7 Å². The monoisotopic (exact) mass is 169 g/mol. The topological polar surface area (TPSA) is 101 Å². The molecule has 0 aliphatic rings. The fourth-order valence-electron chi connectivity index (χ4n) is 0.795. The summed E-state index contributed by atoms with van der Waals surface area (Å²) in [6.07, 6.45) is 0. The van der Waals surface area contributed by atoms with Crippen LogP contribution in [0.25, 0.3) is 0 Å². The van der Waals surface area contributed by atoms with Crippen molar-refractivity contribution in [1.29, 1.82) is 0 Å². The van der Waals surface area contributed by atoms with Crippen molar-refractivity contribution in [3.8, 4) is 5.75 Å². The van der Waals surface area contributed by atoms with Gasteiger partial charge in [-0.2, -0.15) is 0 Å². The molecule has 0 aliphatic heterocycles. The van der Waals surface area contributed by atoms with Gasteiger partial charge in [0, 0.05) is 6.07 Å². The van der Waals surface area contributed by atoms with Crippen molar-refractivity contribution in [1.82, 2.24) is 0 Å². The molecule has 6 heteroatoms. The lowest BCUT2D eigenvalue weighted by molar-refractivity contribution is -0.385.